The summed E-state index contributed by atoms with van der Waals surface area (Å²) in [6.07, 6.45) is 1.10. The summed E-state index contributed by atoms with van der Waals surface area (Å²) < 4.78 is 5.19. The van der Waals surface area contributed by atoms with Gasteiger partial charge in [0, 0.05) is 17.4 Å². The van der Waals surface area contributed by atoms with Gasteiger partial charge in [-0.3, -0.25) is 4.79 Å². The van der Waals surface area contributed by atoms with Crippen molar-refractivity contribution in [3.8, 4) is 17.0 Å². The lowest BCUT2D eigenvalue weighted by molar-refractivity contribution is -0.116. The average molecular weight is 291 g/mol. The molecule has 0 aliphatic carbocycles. The maximum absolute atomic E-state index is 11.6. The van der Waals surface area contributed by atoms with Crippen LogP contribution in [0, 0.1) is 0 Å². The minimum atomic E-state index is -0.0537. The van der Waals surface area contributed by atoms with Crippen LogP contribution in [-0.2, 0) is 4.79 Å². The van der Waals surface area contributed by atoms with E-state index in [1.165, 1.54) is 11.3 Å². The highest BCUT2D eigenvalue weighted by molar-refractivity contribution is 7.14. The van der Waals surface area contributed by atoms with Gasteiger partial charge in [0.2, 0.25) is 5.91 Å². The quantitative estimate of drug-likeness (QED) is 0.857. The highest BCUT2D eigenvalue weighted by atomic mass is 32.1. The molecule has 1 aromatic heterocycles. The molecule has 5 nitrogen and oxygen atoms in total. The number of carbonyl (C=O) groups excluding carboxylic acids is 1. The first-order valence-electron chi connectivity index (χ1n) is 6.33. The lowest BCUT2D eigenvalue weighted by atomic mass is 10.2. The summed E-state index contributed by atoms with van der Waals surface area (Å²) in [7, 11) is 1.63. The standard InChI is InChI=1S/C14H17N3O2S/c1-19-11-5-2-4-10(8-11)12-9-20-14(16-12)17-13(18)6-3-7-15/h2,4-5,8-9H,3,6-7,15H2,1H3,(H,16,17,18). The molecule has 1 heterocycles. The SMILES string of the molecule is COc1cccc(-c2csc(NC(=O)CCCN)n2)c1. The lowest BCUT2D eigenvalue weighted by Crippen LogP contribution is -2.13. The second kappa shape index (κ2) is 7.02. The van der Waals surface area contributed by atoms with Crippen LogP contribution in [0.15, 0.2) is 29.6 Å². The molecule has 3 N–H and O–H groups in total. The van der Waals surface area contributed by atoms with Crippen LogP contribution in [0.1, 0.15) is 12.8 Å². The van der Waals surface area contributed by atoms with Crippen LogP contribution >= 0.6 is 11.3 Å². The number of hydrogen-bond acceptors (Lipinski definition) is 5. The van der Waals surface area contributed by atoms with Crippen LogP contribution in [0.4, 0.5) is 5.13 Å². The molecule has 2 aromatic rings. The topological polar surface area (TPSA) is 77.2 Å². The Kier molecular flexibility index (Phi) is 5.09. The summed E-state index contributed by atoms with van der Waals surface area (Å²) in [5, 5.41) is 5.29. The predicted octanol–water partition coefficient (Wildman–Crippen LogP) is 2.50. The molecule has 0 unspecified atom stereocenters. The van der Waals surface area contributed by atoms with Crippen molar-refractivity contribution in [3.63, 3.8) is 0 Å². The summed E-state index contributed by atoms with van der Waals surface area (Å²) >= 11 is 1.40. The zero-order chi connectivity index (χ0) is 14.4. The molecule has 2 rings (SSSR count). The Labute approximate surface area is 121 Å². The van der Waals surface area contributed by atoms with Crippen LogP contribution in [0.25, 0.3) is 11.3 Å². The number of hydrogen-bond donors (Lipinski definition) is 2. The number of amides is 1. The Morgan fingerprint density at radius 1 is 1.50 bits per heavy atom. The van der Waals surface area contributed by atoms with Gasteiger partial charge in [0.05, 0.1) is 12.8 Å². The average Bonchev–Trinajstić information content (AvgIpc) is 2.93. The van der Waals surface area contributed by atoms with Crippen molar-refractivity contribution in [2.45, 2.75) is 12.8 Å². The predicted molar refractivity (Wildman–Crippen MR) is 81.0 cm³/mol. The maximum Gasteiger partial charge on any atom is 0.226 e. The first-order valence-corrected chi connectivity index (χ1v) is 7.21. The molecule has 1 aromatic carbocycles. The van der Waals surface area contributed by atoms with E-state index in [0.29, 0.717) is 24.5 Å². The van der Waals surface area contributed by atoms with E-state index in [2.05, 4.69) is 10.3 Å². The number of thiazole rings is 1. The van der Waals surface area contributed by atoms with Crippen LogP contribution in [-0.4, -0.2) is 24.5 Å². The molecule has 0 bridgehead atoms. The van der Waals surface area contributed by atoms with E-state index in [0.717, 1.165) is 17.0 Å². The lowest BCUT2D eigenvalue weighted by Gasteiger charge is -2.02. The van der Waals surface area contributed by atoms with Gasteiger partial charge in [0.1, 0.15) is 5.75 Å². The zero-order valence-corrected chi connectivity index (χ0v) is 12.1. The van der Waals surface area contributed by atoms with Crippen LogP contribution in [0.5, 0.6) is 5.75 Å². The van der Waals surface area contributed by atoms with Crippen molar-refractivity contribution in [2.75, 3.05) is 19.0 Å². The van der Waals surface area contributed by atoms with Crippen LogP contribution < -0.4 is 15.8 Å². The van der Waals surface area contributed by atoms with E-state index in [1.807, 2.05) is 29.6 Å². The molecule has 0 radical (unpaired) electrons. The molecule has 1 amide bonds. The Morgan fingerprint density at radius 3 is 3.10 bits per heavy atom. The Balaban J connectivity index is 2.06. The number of nitrogens with one attached hydrogen (secondary N) is 1. The maximum atomic E-state index is 11.6. The van der Waals surface area contributed by atoms with E-state index >= 15 is 0 Å². The van der Waals surface area contributed by atoms with Gasteiger partial charge in [-0.15, -0.1) is 11.3 Å². The molecule has 0 saturated heterocycles. The molecule has 0 spiro atoms. The van der Waals surface area contributed by atoms with Gasteiger partial charge >= 0.3 is 0 Å². The van der Waals surface area contributed by atoms with Crippen LogP contribution in [0.2, 0.25) is 0 Å². The fourth-order valence-corrected chi connectivity index (χ4v) is 2.43. The van der Waals surface area contributed by atoms with E-state index in [4.69, 9.17) is 10.5 Å². The molecular formula is C14H17N3O2S. The fraction of sp³-hybridized carbons (Fsp3) is 0.286. The van der Waals surface area contributed by atoms with Crippen LogP contribution in [0.3, 0.4) is 0 Å². The third-order valence-electron chi connectivity index (χ3n) is 2.72. The van der Waals surface area contributed by atoms with E-state index in [9.17, 15) is 4.79 Å². The van der Waals surface area contributed by atoms with Gasteiger partial charge in [-0.25, -0.2) is 4.98 Å². The number of benzene rings is 1. The third-order valence-corrected chi connectivity index (χ3v) is 3.48. The van der Waals surface area contributed by atoms with E-state index in [1.54, 1.807) is 7.11 Å². The summed E-state index contributed by atoms with van der Waals surface area (Å²) in [5.41, 5.74) is 7.16. The van der Waals surface area contributed by atoms with Gasteiger partial charge in [0.25, 0.3) is 0 Å². The van der Waals surface area contributed by atoms with E-state index in [-0.39, 0.29) is 5.91 Å². The minimum Gasteiger partial charge on any atom is -0.497 e. The summed E-state index contributed by atoms with van der Waals surface area (Å²) in [5.74, 6) is 0.728. The molecule has 20 heavy (non-hydrogen) atoms. The van der Waals surface area contributed by atoms with Crippen molar-refractivity contribution in [3.05, 3.63) is 29.6 Å². The molecule has 0 saturated carbocycles. The van der Waals surface area contributed by atoms with Crippen molar-refractivity contribution < 1.29 is 9.53 Å². The smallest absolute Gasteiger partial charge is 0.226 e. The molecular weight excluding hydrogens is 274 g/mol. The van der Waals surface area contributed by atoms with Gasteiger partial charge in [-0.2, -0.15) is 0 Å². The third kappa shape index (κ3) is 3.79. The van der Waals surface area contributed by atoms with Gasteiger partial charge < -0.3 is 15.8 Å². The number of methoxy groups -OCH3 is 1. The number of carbonyl (C=O) groups is 1. The molecule has 0 aliphatic rings. The normalized spacial score (nSPS) is 10.3. The number of rotatable bonds is 6. The van der Waals surface area contributed by atoms with Gasteiger partial charge in [-0.05, 0) is 25.1 Å². The van der Waals surface area contributed by atoms with Gasteiger partial charge in [-0.1, -0.05) is 12.1 Å². The number of aromatic nitrogens is 1. The second-order valence-electron chi connectivity index (χ2n) is 4.21. The molecule has 0 aliphatic heterocycles. The number of nitrogens with two attached hydrogens (primary N) is 1. The minimum absolute atomic E-state index is 0.0537. The zero-order valence-electron chi connectivity index (χ0n) is 11.3. The Bertz CT molecular complexity index is 583. The Morgan fingerprint density at radius 2 is 2.35 bits per heavy atom. The van der Waals surface area contributed by atoms with Gasteiger partial charge in [0.15, 0.2) is 5.13 Å². The van der Waals surface area contributed by atoms with Crippen molar-refractivity contribution in [1.29, 1.82) is 0 Å². The largest absolute Gasteiger partial charge is 0.497 e. The Hall–Kier alpha value is -1.92. The highest BCUT2D eigenvalue weighted by Crippen LogP contribution is 2.27. The van der Waals surface area contributed by atoms with Crippen molar-refractivity contribution in [1.82, 2.24) is 4.98 Å². The first-order chi connectivity index (χ1) is 9.72. The number of anilines is 1. The van der Waals surface area contributed by atoms with E-state index < -0.39 is 0 Å². The number of nitrogens with zero attached hydrogens (tertiary/aromatic N) is 1. The fourth-order valence-electron chi connectivity index (χ4n) is 1.69. The molecule has 0 atom stereocenters. The summed E-state index contributed by atoms with van der Waals surface area (Å²) in [6.45, 7) is 0.514. The molecule has 0 fully saturated rings. The molecule has 106 valence electrons. The first kappa shape index (κ1) is 14.5. The summed E-state index contributed by atoms with van der Waals surface area (Å²) in [6, 6.07) is 7.66. The highest BCUT2D eigenvalue weighted by Gasteiger charge is 2.08. The van der Waals surface area contributed by atoms with Crippen molar-refractivity contribution in [2.24, 2.45) is 5.73 Å². The second-order valence-corrected chi connectivity index (χ2v) is 5.07. The summed E-state index contributed by atoms with van der Waals surface area (Å²) in [4.78, 5) is 16.0. The monoisotopic (exact) mass is 291 g/mol. The molecule has 6 heteroatoms. The number of ether oxygens (including phenoxy) is 1. The van der Waals surface area contributed by atoms with Crippen molar-refractivity contribution >= 4 is 22.4 Å².